The summed E-state index contributed by atoms with van der Waals surface area (Å²) in [4.78, 5) is 12.2. The van der Waals surface area contributed by atoms with Gasteiger partial charge in [0.15, 0.2) is 0 Å². The lowest BCUT2D eigenvalue weighted by Gasteiger charge is -2.11. The van der Waals surface area contributed by atoms with Gasteiger partial charge in [0.05, 0.1) is 19.2 Å². The molecule has 7 heteroatoms. The molecule has 0 aliphatic heterocycles. The molecule has 0 bridgehead atoms. The third-order valence-electron chi connectivity index (χ3n) is 3.55. The Balaban J connectivity index is 1.78. The summed E-state index contributed by atoms with van der Waals surface area (Å²) in [5.74, 6) is -0.727. The number of halogens is 2. The van der Waals surface area contributed by atoms with Crippen LogP contribution in [0.3, 0.4) is 0 Å². The molecule has 3 aromatic rings. The highest BCUT2D eigenvalue weighted by Crippen LogP contribution is 2.18. The molecule has 2 heterocycles. The number of rotatable bonds is 5. The molecule has 0 atom stereocenters. The number of anilines is 1. The summed E-state index contributed by atoms with van der Waals surface area (Å²) in [7, 11) is 0. The summed E-state index contributed by atoms with van der Waals surface area (Å²) in [6.45, 7) is 1.83. The van der Waals surface area contributed by atoms with Crippen LogP contribution in [0.15, 0.2) is 41.2 Å². The van der Waals surface area contributed by atoms with E-state index in [9.17, 15) is 13.6 Å². The highest BCUT2D eigenvalue weighted by molar-refractivity contribution is 7.08. The highest BCUT2D eigenvalue weighted by atomic mass is 32.1. The molecular formula is C17H15F2N3OS. The second kappa shape index (κ2) is 6.92. The summed E-state index contributed by atoms with van der Waals surface area (Å²) in [6, 6.07) is 5.16. The fourth-order valence-corrected chi connectivity index (χ4v) is 3.01. The quantitative estimate of drug-likeness (QED) is 0.764. The van der Waals surface area contributed by atoms with E-state index in [0.29, 0.717) is 5.82 Å². The van der Waals surface area contributed by atoms with Gasteiger partial charge in [-0.15, -0.1) is 0 Å². The lowest BCUT2D eigenvalue weighted by Crippen LogP contribution is -2.18. The maximum atomic E-state index is 13.8. The normalized spacial score (nSPS) is 10.8. The van der Waals surface area contributed by atoms with Gasteiger partial charge < -0.3 is 5.32 Å². The van der Waals surface area contributed by atoms with Gasteiger partial charge in [-0.3, -0.25) is 4.79 Å². The first kappa shape index (κ1) is 16.3. The first-order valence-electron chi connectivity index (χ1n) is 7.30. The molecule has 124 valence electrons. The molecule has 2 aromatic heterocycles. The molecule has 1 N–H and O–H groups in total. The van der Waals surface area contributed by atoms with Crippen molar-refractivity contribution in [2.24, 2.45) is 0 Å². The predicted molar refractivity (Wildman–Crippen MR) is 89.1 cm³/mol. The Bertz CT molecular complexity index is 859. The molecule has 3 rings (SSSR count). The van der Waals surface area contributed by atoms with E-state index in [4.69, 9.17) is 0 Å². The van der Waals surface area contributed by atoms with Crippen molar-refractivity contribution in [3.8, 4) is 0 Å². The molecular weight excluding hydrogens is 332 g/mol. The third-order valence-corrected chi connectivity index (χ3v) is 4.28. The summed E-state index contributed by atoms with van der Waals surface area (Å²) in [5.41, 5.74) is 1.86. The molecule has 0 saturated carbocycles. The highest BCUT2D eigenvalue weighted by Gasteiger charge is 2.14. The van der Waals surface area contributed by atoms with Crippen LogP contribution in [0.5, 0.6) is 0 Å². The number of benzene rings is 1. The zero-order valence-electron chi connectivity index (χ0n) is 12.9. The SMILES string of the molecule is Cc1cnn(Cc2cc(F)ccc2F)c1NC(=O)Cc1ccsc1. The first-order valence-corrected chi connectivity index (χ1v) is 8.24. The van der Waals surface area contributed by atoms with Gasteiger partial charge in [0.1, 0.15) is 17.5 Å². The molecule has 0 radical (unpaired) electrons. The van der Waals surface area contributed by atoms with E-state index < -0.39 is 11.6 Å². The number of carbonyl (C=O) groups is 1. The van der Waals surface area contributed by atoms with Crippen molar-refractivity contribution in [3.63, 3.8) is 0 Å². The van der Waals surface area contributed by atoms with Crippen molar-refractivity contribution in [3.05, 3.63) is 69.5 Å². The van der Waals surface area contributed by atoms with Gasteiger partial charge in [-0.05, 0) is 47.5 Å². The third kappa shape index (κ3) is 3.68. The number of nitrogens with one attached hydrogen (secondary N) is 1. The van der Waals surface area contributed by atoms with Crippen LogP contribution in [-0.2, 0) is 17.8 Å². The van der Waals surface area contributed by atoms with Crippen LogP contribution >= 0.6 is 11.3 Å². The van der Waals surface area contributed by atoms with E-state index in [-0.39, 0.29) is 24.4 Å². The van der Waals surface area contributed by atoms with E-state index in [0.717, 1.165) is 29.3 Å². The number of hydrogen-bond donors (Lipinski definition) is 1. The van der Waals surface area contributed by atoms with Gasteiger partial charge in [-0.2, -0.15) is 16.4 Å². The van der Waals surface area contributed by atoms with E-state index in [1.165, 1.54) is 16.0 Å². The van der Waals surface area contributed by atoms with Crippen LogP contribution in [0, 0.1) is 18.6 Å². The topological polar surface area (TPSA) is 46.9 Å². The monoisotopic (exact) mass is 347 g/mol. The number of hydrogen-bond acceptors (Lipinski definition) is 3. The van der Waals surface area contributed by atoms with E-state index in [1.807, 2.05) is 16.8 Å². The fraction of sp³-hybridized carbons (Fsp3) is 0.176. The smallest absolute Gasteiger partial charge is 0.229 e. The van der Waals surface area contributed by atoms with E-state index >= 15 is 0 Å². The molecule has 0 aliphatic rings. The lowest BCUT2D eigenvalue weighted by atomic mass is 10.2. The average molecular weight is 347 g/mol. The molecule has 0 saturated heterocycles. The van der Waals surface area contributed by atoms with Gasteiger partial charge in [0.25, 0.3) is 0 Å². The first-order chi connectivity index (χ1) is 11.5. The Morgan fingerprint density at radius 3 is 2.92 bits per heavy atom. The Kier molecular flexibility index (Phi) is 4.71. The van der Waals surface area contributed by atoms with Gasteiger partial charge in [0, 0.05) is 11.1 Å². The van der Waals surface area contributed by atoms with Crippen LogP contribution in [0.1, 0.15) is 16.7 Å². The molecule has 1 aromatic carbocycles. The predicted octanol–water partition coefficient (Wildman–Crippen LogP) is 3.76. The summed E-state index contributed by atoms with van der Waals surface area (Å²) < 4.78 is 28.6. The number of carbonyl (C=O) groups excluding carboxylic acids is 1. The molecule has 1 amide bonds. The molecule has 0 spiro atoms. The zero-order chi connectivity index (χ0) is 17.1. The van der Waals surface area contributed by atoms with Crippen molar-refractivity contribution < 1.29 is 13.6 Å². The summed E-state index contributed by atoms with van der Waals surface area (Å²) in [5, 5.41) is 10.8. The van der Waals surface area contributed by atoms with Crippen LogP contribution in [-0.4, -0.2) is 15.7 Å². The maximum Gasteiger partial charge on any atom is 0.229 e. The minimum absolute atomic E-state index is 0.0332. The van der Waals surface area contributed by atoms with Crippen molar-refractivity contribution in [1.82, 2.24) is 9.78 Å². The molecule has 4 nitrogen and oxygen atoms in total. The second-order valence-electron chi connectivity index (χ2n) is 5.43. The van der Waals surface area contributed by atoms with Crippen molar-refractivity contribution in [2.45, 2.75) is 19.9 Å². The number of aryl methyl sites for hydroxylation is 1. The van der Waals surface area contributed by atoms with E-state index in [2.05, 4.69) is 10.4 Å². The van der Waals surface area contributed by atoms with Crippen LogP contribution in [0.25, 0.3) is 0 Å². The summed E-state index contributed by atoms with van der Waals surface area (Å²) in [6.07, 6.45) is 1.83. The van der Waals surface area contributed by atoms with Crippen molar-refractivity contribution in [2.75, 3.05) is 5.32 Å². The van der Waals surface area contributed by atoms with Crippen LogP contribution in [0.2, 0.25) is 0 Å². The zero-order valence-corrected chi connectivity index (χ0v) is 13.7. The molecule has 24 heavy (non-hydrogen) atoms. The van der Waals surface area contributed by atoms with Crippen molar-refractivity contribution in [1.29, 1.82) is 0 Å². The second-order valence-corrected chi connectivity index (χ2v) is 6.21. The van der Waals surface area contributed by atoms with Crippen LogP contribution in [0.4, 0.5) is 14.6 Å². The fourth-order valence-electron chi connectivity index (χ4n) is 2.34. The van der Waals surface area contributed by atoms with Gasteiger partial charge in [-0.25, -0.2) is 13.5 Å². The number of thiophene rings is 1. The Hall–Kier alpha value is -2.54. The van der Waals surface area contributed by atoms with Gasteiger partial charge in [0.2, 0.25) is 5.91 Å². The minimum Gasteiger partial charge on any atom is -0.310 e. The molecule has 0 unspecified atom stereocenters. The Morgan fingerprint density at radius 2 is 2.17 bits per heavy atom. The van der Waals surface area contributed by atoms with Crippen LogP contribution < -0.4 is 5.32 Å². The lowest BCUT2D eigenvalue weighted by molar-refractivity contribution is -0.115. The van der Waals surface area contributed by atoms with Crippen molar-refractivity contribution >= 4 is 23.1 Å². The maximum absolute atomic E-state index is 13.8. The molecule has 0 fully saturated rings. The van der Waals surface area contributed by atoms with E-state index in [1.54, 1.807) is 13.1 Å². The Morgan fingerprint density at radius 1 is 1.33 bits per heavy atom. The number of nitrogens with zero attached hydrogens (tertiary/aromatic N) is 2. The number of amides is 1. The standard InChI is InChI=1S/C17H15F2N3OS/c1-11-8-20-22(9-13-7-14(18)2-3-15(13)19)17(11)21-16(23)6-12-4-5-24-10-12/h2-5,7-8,10H,6,9H2,1H3,(H,21,23). The minimum atomic E-state index is -0.515. The number of aromatic nitrogens is 2. The van der Waals surface area contributed by atoms with Gasteiger partial charge >= 0.3 is 0 Å². The average Bonchev–Trinajstić information content (AvgIpc) is 3.16. The summed E-state index contributed by atoms with van der Waals surface area (Å²) >= 11 is 1.53. The largest absolute Gasteiger partial charge is 0.310 e. The Labute approximate surface area is 141 Å². The molecule has 0 aliphatic carbocycles. The van der Waals surface area contributed by atoms with Gasteiger partial charge in [-0.1, -0.05) is 0 Å².